The molecule has 0 aliphatic carbocycles. The molecule has 1 unspecified atom stereocenters. The summed E-state index contributed by atoms with van der Waals surface area (Å²) in [5, 5.41) is 9.54. The Morgan fingerprint density at radius 3 is 2.68 bits per heavy atom. The van der Waals surface area contributed by atoms with Crippen LogP contribution < -0.4 is 0 Å². The molecule has 1 aromatic rings. The minimum Gasteiger partial charge on any atom is -0.480 e. The Balaban J connectivity index is 1.88. The molecule has 0 spiro atoms. The molecule has 0 radical (unpaired) electrons. The number of ether oxygens (including phenoxy) is 1. The van der Waals surface area contributed by atoms with Gasteiger partial charge in [0.05, 0.1) is 0 Å². The van der Waals surface area contributed by atoms with Crippen molar-refractivity contribution in [3.8, 4) is 0 Å². The van der Waals surface area contributed by atoms with E-state index >= 15 is 0 Å². The lowest BCUT2D eigenvalue weighted by Gasteiger charge is -2.37. The van der Waals surface area contributed by atoms with Crippen molar-refractivity contribution in [1.29, 1.82) is 0 Å². The van der Waals surface area contributed by atoms with Gasteiger partial charge in [0.15, 0.2) is 0 Å². The van der Waals surface area contributed by atoms with E-state index in [1.54, 1.807) is 0 Å². The van der Waals surface area contributed by atoms with E-state index in [1.807, 2.05) is 18.2 Å². The van der Waals surface area contributed by atoms with Crippen LogP contribution in [-0.4, -0.2) is 41.1 Å². The fourth-order valence-electron chi connectivity index (χ4n) is 3.21. The molecule has 118 valence electrons. The molecule has 5 nitrogen and oxygen atoms in total. The Hall–Kier alpha value is -1.40. The molecule has 2 heterocycles. The van der Waals surface area contributed by atoms with Gasteiger partial charge in [-0.2, -0.15) is 0 Å². The van der Waals surface area contributed by atoms with Crippen molar-refractivity contribution in [3.63, 3.8) is 0 Å². The van der Waals surface area contributed by atoms with Gasteiger partial charge in [-0.15, -0.1) is 0 Å². The van der Waals surface area contributed by atoms with Gasteiger partial charge in [0.1, 0.15) is 6.04 Å². The second-order valence-corrected chi connectivity index (χ2v) is 6.64. The summed E-state index contributed by atoms with van der Waals surface area (Å²) >= 11 is 3.48. The fraction of sp³-hybridized carbons (Fsp3) is 0.500. The summed E-state index contributed by atoms with van der Waals surface area (Å²) in [5.74, 6) is -1.12. The maximum absolute atomic E-state index is 12.8. The van der Waals surface area contributed by atoms with Crippen LogP contribution in [0.5, 0.6) is 0 Å². The lowest BCUT2D eigenvalue weighted by atomic mass is 9.91. The largest absolute Gasteiger partial charge is 0.480 e. The van der Waals surface area contributed by atoms with Crippen molar-refractivity contribution in [3.05, 3.63) is 33.8 Å². The first kappa shape index (κ1) is 15.5. The zero-order chi connectivity index (χ0) is 15.7. The summed E-state index contributed by atoms with van der Waals surface area (Å²) in [7, 11) is 0. The summed E-state index contributed by atoms with van der Waals surface area (Å²) in [5.41, 5.74) is 2.01. The number of carbonyl (C=O) groups excluding carboxylic acids is 1. The normalized spacial score (nSPS) is 22.2. The maximum atomic E-state index is 12.8. The van der Waals surface area contributed by atoms with Crippen molar-refractivity contribution in [2.24, 2.45) is 5.92 Å². The quantitative estimate of drug-likeness (QED) is 0.869. The molecule has 1 amide bonds. The van der Waals surface area contributed by atoms with Gasteiger partial charge in [-0.25, -0.2) is 4.79 Å². The number of benzene rings is 1. The number of rotatable bonds is 2. The Bertz CT molecular complexity index is 598. The first-order chi connectivity index (χ1) is 10.6. The number of carboxylic acid groups (broad SMARTS) is 1. The number of fused-ring (bicyclic) bond motifs is 1. The molecule has 0 bridgehead atoms. The minimum absolute atomic E-state index is 0.0543. The van der Waals surface area contributed by atoms with E-state index in [4.69, 9.17) is 4.74 Å². The van der Waals surface area contributed by atoms with Gasteiger partial charge in [0, 0.05) is 36.6 Å². The standard InChI is InChI=1S/C16H18BrNO4/c17-13-3-1-2-11-9-18(14(16(20)21)8-12(11)13)15(19)10-4-6-22-7-5-10/h1-3,10,14H,4-9H2,(H,20,21). The molecular formula is C16H18BrNO4. The molecular weight excluding hydrogens is 350 g/mol. The van der Waals surface area contributed by atoms with Gasteiger partial charge < -0.3 is 14.7 Å². The van der Waals surface area contributed by atoms with E-state index in [9.17, 15) is 14.7 Å². The Kier molecular flexibility index (Phi) is 4.49. The van der Waals surface area contributed by atoms with E-state index in [0.29, 0.717) is 39.0 Å². The molecule has 1 aromatic carbocycles. The van der Waals surface area contributed by atoms with Crippen LogP contribution in [0.2, 0.25) is 0 Å². The Morgan fingerprint density at radius 2 is 2.00 bits per heavy atom. The van der Waals surface area contributed by atoms with Crippen LogP contribution in [0.25, 0.3) is 0 Å². The van der Waals surface area contributed by atoms with E-state index in [2.05, 4.69) is 15.9 Å². The van der Waals surface area contributed by atoms with Crippen LogP contribution in [0.15, 0.2) is 22.7 Å². The highest BCUT2D eigenvalue weighted by Crippen LogP contribution is 2.31. The summed E-state index contributed by atoms with van der Waals surface area (Å²) in [6, 6.07) is 5.00. The number of hydrogen-bond donors (Lipinski definition) is 1. The summed E-state index contributed by atoms with van der Waals surface area (Å²) in [6.45, 7) is 1.51. The number of carbonyl (C=O) groups is 2. The number of hydrogen-bond acceptors (Lipinski definition) is 3. The van der Waals surface area contributed by atoms with Crippen molar-refractivity contribution in [2.75, 3.05) is 13.2 Å². The molecule has 2 aliphatic heterocycles. The molecule has 0 aromatic heterocycles. The van der Waals surface area contributed by atoms with Gasteiger partial charge >= 0.3 is 5.97 Å². The van der Waals surface area contributed by atoms with Gasteiger partial charge in [0.2, 0.25) is 5.91 Å². The number of halogens is 1. The molecule has 22 heavy (non-hydrogen) atoms. The molecule has 1 N–H and O–H groups in total. The van der Waals surface area contributed by atoms with Crippen LogP contribution in [0.3, 0.4) is 0 Å². The summed E-state index contributed by atoms with van der Waals surface area (Å²) < 4.78 is 6.20. The third-order valence-electron chi connectivity index (χ3n) is 4.47. The average Bonchev–Trinajstić information content (AvgIpc) is 2.54. The highest BCUT2D eigenvalue weighted by atomic mass is 79.9. The monoisotopic (exact) mass is 367 g/mol. The predicted octanol–water partition coefficient (Wildman–Crippen LogP) is 2.21. The highest BCUT2D eigenvalue weighted by Gasteiger charge is 2.38. The highest BCUT2D eigenvalue weighted by molar-refractivity contribution is 9.10. The van der Waals surface area contributed by atoms with Crippen molar-refractivity contribution < 1.29 is 19.4 Å². The number of nitrogens with zero attached hydrogens (tertiary/aromatic N) is 1. The van der Waals surface area contributed by atoms with Crippen molar-refractivity contribution in [1.82, 2.24) is 4.90 Å². The molecule has 1 saturated heterocycles. The van der Waals surface area contributed by atoms with E-state index in [-0.39, 0.29) is 11.8 Å². The van der Waals surface area contributed by atoms with E-state index in [1.165, 1.54) is 4.90 Å². The molecule has 6 heteroatoms. The van der Waals surface area contributed by atoms with Crippen molar-refractivity contribution in [2.45, 2.75) is 31.8 Å². The second kappa shape index (κ2) is 6.38. The number of aliphatic carboxylic acids is 1. The SMILES string of the molecule is O=C(O)C1Cc2c(Br)cccc2CN1C(=O)C1CCOCC1. The Morgan fingerprint density at radius 1 is 1.27 bits per heavy atom. The molecule has 2 aliphatic rings. The van der Waals surface area contributed by atoms with Gasteiger partial charge in [0.25, 0.3) is 0 Å². The van der Waals surface area contributed by atoms with Gasteiger partial charge in [-0.1, -0.05) is 28.1 Å². The zero-order valence-corrected chi connectivity index (χ0v) is 13.7. The molecule has 1 atom stereocenters. The van der Waals surface area contributed by atoms with Crippen LogP contribution in [0.4, 0.5) is 0 Å². The van der Waals surface area contributed by atoms with E-state index < -0.39 is 12.0 Å². The first-order valence-corrected chi connectivity index (χ1v) is 8.24. The topological polar surface area (TPSA) is 66.8 Å². The first-order valence-electron chi connectivity index (χ1n) is 7.45. The number of carboxylic acids is 1. The molecule has 0 saturated carbocycles. The predicted molar refractivity (Wildman–Crippen MR) is 83.4 cm³/mol. The Labute approximate surface area is 137 Å². The second-order valence-electron chi connectivity index (χ2n) is 5.79. The third kappa shape index (κ3) is 2.90. The zero-order valence-electron chi connectivity index (χ0n) is 12.1. The average molecular weight is 368 g/mol. The van der Waals surface area contributed by atoms with Crippen LogP contribution >= 0.6 is 15.9 Å². The van der Waals surface area contributed by atoms with E-state index in [0.717, 1.165) is 15.6 Å². The number of amides is 1. The van der Waals surface area contributed by atoms with Gasteiger partial charge in [-0.3, -0.25) is 4.79 Å². The van der Waals surface area contributed by atoms with Crippen LogP contribution in [0.1, 0.15) is 24.0 Å². The lowest BCUT2D eigenvalue weighted by Crippen LogP contribution is -2.51. The maximum Gasteiger partial charge on any atom is 0.326 e. The smallest absolute Gasteiger partial charge is 0.326 e. The molecule has 3 rings (SSSR count). The minimum atomic E-state index is -0.943. The van der Waals surface area contributed by atoms with Crippen LogP contribution in [-0.2, 0) is 27.3 Å². The summed E-state index contributed by atoms with van der Waals surface area (Å²) in [4.78, 5) is 25.9. The third-order valence-corrected chi connectivity index (χ3v) is 5.21. The molecule has 1 fully saturated rings. The summed E-state index contributed by atoms with van der Waals surface area (Å²) in [6.07, 6.45) is 1.70. The fourth-order valence-corrected chi connectivity index (χ4v) is 3.78. The van der Waals surface area contributed by atoms with Crippen LogP contribution in [0, 0.1) is 5.92 Å². The van der Waals surface area contributed by atoms with Gasteiger partial charge in [-0.05, 0) is 30.0 Å². The van der Waals surface area contributed by atoms with Crippen molar-refractivity contribution >= 4 is 27.8 Å². The lowest BCUT2D eigenvalue weighted by molar-refractivity contribution is -0.154.